The molecular weight excluding hydrogens is 366 g/mol. The number of fused-ring (bicyclic) bond motifs is 1. The Hall–Kier alpha value is -2.41. The Morgan fingerprint density at radius 3 is 2.59 bits per heavy atom. The number of aromatic nitrogens is 1. The van der Waals surface area contributed by atoms with E-state index >= 15 is 0 Å². The van der Waals surface area contributed by atoms with Crippen molar-refractivity contribution in [2.75, 3.05) is 32.8 Å². The quantitative estimate of drug-likeness (QED) is 0.671. The molecule has 1 aromatic carbocycles. The molecular formula is C23H29N3O3. The van der Waals surface area contributed by atoms with Crippen LogP contribution in [0.1, 0.15) is 34.4 Å². The summed E-state index contributed by atoms with van der Waals surface area (Å²) < 4.78 is 11.4. The maximum atomic E-state index is 12.7. The fourth-order valence-corrected chi connectivity index (χ4v) is 4.09. The van der Waals surface area contributed by atoms with Crippen molar-refractivity contribution in [1.82, 2.24) is 15.2 Å². The monoisotopic (exact) mass is 395 g/mol. The van der Waals surface area contributed by atoms with Crippen LogP contribution >= 0.6 is 0 Å². The molecule has 4 rings (SSSR count). The Morgan fingerprint density at radius 1 is 1.10 bits per heavy atom. The number of furan rings is 1. The summed E-state index contributed by atoms with van der Waals surface area (Å²) in [5, 5.41) is 4.30. The van der Waals surface area contributed by atoms with Crippen molar-refractivity contribution in [3.8, 4) is 0 Å². The lowest BCUT2D eigenvalue weighted by Crippen LogP contribution is -2.42. The Bertz CT molecular complexity index is 1050. The molecule has 0 spiro atoms. The molecule has 1 fully saturated rings. The van der Waals surface area contributed by atoms with E-state index in [0.717, 1.165) is 72.1 Å². The fraction of sp³-hybridized carbons (Fsp3) is 0.435. The van der Waals surface area contributed by atoms with E-state index in [4.69, 9.17) is 9.15 Å². The minimum atomic E-state index is 0.0724. The van der Waals surface area contributed by atoms with Crippen molar-refractivity contribution in [2.45, 2.75) is 33.4 Å². The molecule has 0 aliphatic carbocycles. The second-order valence-electron chi connectivity index (χ2n) is 7.85. The number of ether oxygens (including phenoxy) is 1. The van der Waals surface area contributed by atoms with Gasteiger partial charge in [-0.25, -0.2) is 0 Å². The summed E-state index contributed by atoms with van der Waals surface area (Å²) >= 11 is 0. The van der Waals surface area contributed by atoms with Crippen LogP contribution in [0.15, 0.2) is 39.5 Å². The summed E-state index contributed by atoms with van der Waals surface area (Å²) in [6, 6.07) is 9.98. The molecule has 3 heterocycles. The fourth-order valence-electron chi connectivity index (χ4n) is 4.09. The van der Waals surface area contributed by atoms with E-state index in [2.05, 4.69) is 27.3 Å². The summed E-state index contributed by atoms with van der Waals surface area (Å²) in [7, 11) is 0. The van der Waals surface area contributed by atoms with Gasteiger partial charge in [0.2, 0.25) is 0 Å². The summed E-state index contributed by atoms with van der Waals surface area (Å²) in [5.74, 6) is 1.89. The first-order valence-corrected chi connectivity index (χ1v) is 10.2. The number of hydrogen-bond donors (Lipinski definition) is 2. The van der Waals surface area contributed by atoms with E-state index < -0.39 is 0 Å². The van der Waals surface area contributed by atoms with E-state index in [0.29, 0.717) is 6.54 Å². The first kappa shape index (κ1) is 19.9. The average Bonchev–Trinajstić information content (AvgIpc) is 3.14. The molecule has 154 valence electrons. The number of nitrogens with one attached hydrogen (secondary N) is 2. The summed E-state index contributed by atoms with van der Waals surface area (Å²) in [6.07, 6.45) is 0. The van der Waals surface area contributed by atoms with Crippen LogP contribution in [-0.4, -0.2) is 42.7 Å². The number of nitrogens with zero attached hydrogens (tertiary/aromatic N) is 1. The summed E-state index contributed by atoms with van der Waals surface area (Å²) in [4.78, 5) is 18.5. The zero-order chi connectivity index (χ0) is 20.4. The predicted octanol–water partition coefficient (Wildman–Crippen LogP) is 3.21. The zero-order valence-electron chi connectivity index (χ0n) is 17.4. The van der Waals surface area contributed by atoms with E-state index in [9.17, 15) is 4.79 Å². The Labute approximate surface area is 170 Å². The van der Waals surface area contributed by atoms with Crippen molar-refractivity contribution in [3.05, 3.63) is 68.9 Å². The molecule has 0 amide bonds. The van der Waals surface area contributed by atoms with Gasteiger partial charge >= 0.3 is 0 Å². The van der Waals surface area contributed by atoms with Gasteiger partial charge in [0, 0.05) is 43.3 Å². The normalized spacial score (nSPS) is 16.4. The van der Waals surface area contributed by atoms with Gasteiger partial charge in [0.25, 0.3) is 0 Å². The SMILES string of the molecule is Cc1ccc(C(CNCc2cc(=O)c3c(C)ccc(C)c3[nH]2)N2CCOCC2)o1. The molecule has 0 bridgehead atoms. The minimum absolute atomic E-state index is 0.0724. The lowest BCUT2D eigenvalue weighted by Gasteiger charge is -2.33. The van der Waals surface area contributed by atoms with E-state index in [1.165, 1.54) is 0 Å². The van der Waals surface area contributed by atoms with Crippen LogP contribution in [0.3, 0.4) is 0 Å². The van der Waals surface area contributed by atoms with Crippen LogP contribution in [0.4, 0.5) is 0 Å². The van der Waals surface area contributed by atoms with Crippen LogP contribution in [0, 0.1) is 20.8 Å². The molecule has 29 heavy (non-hydrogen) atoms. The zero-order valence-corrected chi connectivity index (χ0v) is 17.4. The molecule has 2 aromatic heterocycles. The Morgan fingerprint density at radius 2 is 1.86 bits per heavy atom. The third kappa shape index (κ3) is 4.29. The van der Waals surface area contributed by atoms with E-state index in [1.54, 1.807) is 6.07 Å². The van der Waals surface area contributed by atoms with E-state index in [1.807, 2.05) is 32.9 Å². The van der Waals surface area contributed by atoms with Gasteiger partial charge < -0.3 is 19.5 Å². The average molecular weight is 396 g/mol. The Balaban J connectivity index is 1.51. The summed E-state index contributed by atoms with van der Waals surface area (Å²) in [6.45, 7) is 10.6. The van der Waals surface area contributed by atoms with Crippen LogP contribution < -0.4 is 10.7 Å². The highest BCUT2D eigenvalue weighted by Crippen LogP contribution is 2.23. The second-order valence-corrected chi connectivity index (χ2v) is 7.85. The molecule has 0 radical (unpaired) electrons. The second kappa shape index (κ2) is 8.53. The van der Waals surface area contributed by atoms with Gasteiger partial charge in [0.15, 0.2) is 5.43 Å². The smallest absolute Gasteiger partial charge is 0.189 e. The number of hydrogen-bond acceptors (Lipinski definition) is 5. The topological polar surface area (TPSA) is 70.5 Å². The highest BCUT2D eigenvalue weighted by molar-refractivity contribution is 5.84. The van der Waals surface area contributed by atoms with Crippen molar-refractivity contribution in [1.29, 1.82) is 0 Å². The highest BCUT2D eigenvalue weighted by atomic mass is 16.5. The van der Waals surface area contributed by atoms with Crippen LogP contribution in [-0.2, 0) is 11.3 Å². The van der Waals surface area contributed by atoms with Gasteiger partial charge in [0.1, 0.15) is 11.5 Å². The van der Waals surface area contributed by atoms with Gasteiger partial charge in [-0.3, -0.25) is 9.69 Å². The number of pyridine rings is 1. The molecule has 1 aliphatic heterocycles. The van der Waals surface area contributed by atoms with Gasteiger partial charge in [-0.2, -0.15) is 0 Å². The first-order valence-electron chi connectivity index (χ1n) is 10.2. The van der Waals surface area contributed by atoms with Gasteiger partial charge in [-0.05, 0) is 44.0 Å². The number of H-pyrrole nitrogens is 1. The van der Waals surface area contributed by atoms with E-state index in [-0.39, 0.29) is 11.5 Å². The van der Waals surface area contributed by atoms with Crippen molar-refractivity contribution in [2.24, 2.45) is 0 Å². The van der Waals surface area contributed by atoms with Gasteiger partial charge in [-0.15, -0.1) is 0 Å². The van der Waals surface area contributed by atoms with Crippen LogP contribution in [0.5, 0.6) is 0 Å². The number of morpholine rings is 1. The number of benzene rings is 1. The van der Waals surface area contributed by atoms with Crippen LogP contribution in [0.2, 0.25) is 0 Å². The van der Waals surface area contributed by atoms with Gasteiger partial charge in [0.05, 0.1) is 24.8 Å². The lowest BCUT2D eigenvalue weighted by molar-refractivity contribution is 0.0115. The third-order valence-electron chi connectivity index (χ3n) is 5.69. The van der Waals surface area contributed by atoms with Crippen molar-refractivity contribution in [3.63, 3.8) is 0 Å². The minimum Gasteiger partial charge on any atom is -0.465 e. The number of aryl methyl sites for hydroxylation is 3. The molecule has 1 unspecified atom stereocenters. The standard InChI is InChI=1S/C23H29N3O3/c1-15-4-5-16(2)23-22(15)20(27)12-18(25-23)13-24-14-19(21-7-6-17(3)29-21)26-8-10-28-11-9-26/h4-7,12,19,24H,8-11,13-14H2,1-3H3,(H,25,27). The molecule has 1 saturated heterocycles. The van der Waals surface area contributed by atoms with Crippen molar-refractivity contribution >= 4 is 10.9 Å². The number of aromatic amines is 1. The largest absolute Gasteiger partial charge is 0.465 e. The molecule has 2 N–H and O–H groups in total. The highest BCUT2D eigenvalue weighted by Gasteiger charge is 2.24. The molecule has 6 heteroatoms. The lowest BCUT2D eigenvalue weighted by atomic mass is 10.0. The van der Waals surface area contributed by atoms with Crippen molar-refractivity contribution < 1.29 is 9.15 Å². The molecule has 0 saturated carbocycles. The number of rotatable bonds is 6. The molecule has 1 atom stereocenters. The van der Waals surface area contributed by atoms with Gasteiger partial charge in [-0.1, -0.05) is 12.1 Å². The predicted molar refractivity (Wildman–Crippen MR) is 114 cm³/mol. The Kier molecular flexibility index (Phi) is 5.85. The first-order chi connectivity index (χ1) is 14.0. The molecule has 1 aliphatic rings. The summed E-state index contributed by atoms with van der Waals surface area (Å²) in [5.41, 5.74) is 3.99. The third-order valence-corrected chi connectivity index (χ3v) is 5.69. The maximum absolute atomic E-state index is 12.7. The van der Waals surface area contributed by atoms with Crippen LogP contribution in [0.25, 0.3) is 10.9 Å². The molecule has 6 nitrogen and oxygen atoms in total. The molecule has 3 aromatic rings. The maximum Gasteiger partial charge on any atom is 0.189 e.